The molecule has 0 radical (unpaired) electrons. The molecule has 1 amide bonds. The lowest BCUT2D eigenvalue weighted by Gasteiger charge is -2.08. The number of anilines is 1. The minimum Gasteiger partial charge on any atom is -0.326 e. The van der Waals surface area contributed by atoms with Gasteiger partial charge >= 0.3 is 5.69 Å². The summed E-state index contributed by atoms with van der Waals surface area (Å²) >= 11 is 1.29. The highest BCUT2D eigenvalue weighted by Gasteiger charge is 2.11. The van der Waals surface area contributed by atoms with Crippen LogP contribution in [0.2, 0.25) is 0 Å². The fraction of sp³-hybridized carbons (Fsp3) is 0.0952. The van der Waals surface area contributed by atoms with Gasteiger partial charge in [0.15, 0.2) is 0 Å². The van der Waals surface area contributed by atoms with Gasteiger partial charge in [-0.3, -0.25) is 9.59 Å². The monoisotopic (exact) mass is 391 g/mol. The van der Waals surface area contributed by atoms with Crippen molar-refractivity contribution in [3.8, 4) is 5.69 Å². The molecule has 0 aliphatic heterocycles. The van der Waals surface area contributed by atoms with Gasteiger partial charge in [0.2, 0.25) is 5.91 Å². The highest BCUT2D eigenvalue weighted by Crippen LogP contribution is 2.15. The summed E-state index contributed by atoms with van der Waals surface area (Å²) < 4.78 is 1.61. The Hall–Kier alpha value is -3.45. The molecule has 0 atom stereocenters. The van der Waals surface area contributed by atoms with Crippen LogP contribution in [0.5, 0.6) is 0 Å². The van der Waals surface area contributed by atoms with Gasteiger partial charge in [0, 0.05) is 5.69 Å². The summed E-state index contributed by atoms with van der Waals surface area (Å²) in [7, 11) is 0. The Morgan fingerprint density at radius 3 is 2.64 bits per heavy atom. The number of benzene rings is 2. The summed E-state index contributed by atoms with van der Waals surface area (Å²) in [5.41, 5.74) is 2.78. The highest BCUT2D eigenvalue weighted by atomic mass is 32.1. The number of amides is 1. The molecule has 0 aliphatic carbocycles. The SMILES string of the molecule is Cc1cccc(NC(=O)Cc2ccc(-n3c(=O)[nH]c4ccsc4c3=O)cc2)c1. The van der Waals surface area contributed by atoms with E-state index < -0.39 is 5.69 Å². The van der Waals surface area contributed by atoms with Crippen molar-refractivity contribution in [2.75, 3.05) is 5.32 Å². The number of thiophene rings is 1. The Bertz CT molecular complexity index is 1280. The summed E-state index contributed by atoms with van der Waals surface area (Å²) in [4.78, 5) is 39.9. The molecule has 0 unspecified atom stereocenters. The molecular formula is C21H17N3O3S. The quantitative estimate of drug-likeness (QED) is 0.560. The van der Waals surface area contributed by atoms with E-state index >= 15 is 0 Å². The number of aromatic nitrogens is 2. The first kappa shape index (κ1) is 17.9. The molecule has 140 valence electrons. The molecular weight excluding hydrogens is 374 g/mol. The molecule has 6 nitrogen and oxygen atoms in total. The van der Waals surface area contributed by atoms with Crippen molar-refractivity contribution in [3.63, 3.8) is 0 Å². The Labute approximate surface area is 164 Å². The van der Waals surface area contributed by atoms with Gasteiger partial charge in [0.05, 0.1) is 17.6 Å². The number of hydrogen-bond donors (Lipinski definition) is 2. The summed E-state index contributed by atoms with van der Waals surface area (Å²) in [5.74, 6) is -0.131. The van der Waals surface area contributed by atoms with Gasteiger partial charge in [-0.25, -0.2) is 9.36 Å². The molecule has 4 aromatic rings. The normalized spacial score (nSPS) is 10.9. The highest BCUT2D eigenvalue weighted by molar-refractivity contribution is 7.17. The molecule has 2 heterocycles. The van der Waals surface area contributed by atoms with Crippen molar-refractivity contribution < 1.29 is 4.79 Å². The average Bonchev–Trinajstić information content (AvgIpc) is 3.11. The third kappa shape index (κ3) is 3.52. The number of carbonyl (C=O) groups is 1. The molecule has 0 saturated heterocycles. The zero-order valence-electron chi connectivity index (χ0n) is 15.1. The van der Waals surface area contributed by atoms with E-state index in [1.807, 2.05) is 31.2 Å². The number of hydrogen-bond acceptors (Lipinski definition) is 4. The number of aromatic amines is 1. The van der Waals surface area contributed by atoms with Crippen LogP contribution in [0, 0.1) is 6.92 Å². The number of H-pyrrole nitrogens is 1. The Morgan fingerprint density at radius 1 is 1.11 bits per heavy atom. The van der Waals surface area contributed by atoms with E-state index in [0.29, 0.717) is 15.9 Å². The summed E-state index contributed by atoms with van der Waals surface area (Å²) in [6.07, 6.45) is 0.198. The van der Waals surface area contributed by atoms with Gasteiger partial charge in [0.1, 0.15) is 4.70 Å². The minimum atomic E-state index is -0.485. The summed E-state index contributed by atoms with van der Waals surface area (Å²) in [5, 5.41) is 4.63. The molecule has 28 heavy (non-hydrogen) atoms. The fourth-order valence-electron chi connectivity index (χ4n) is 3.05. The molecule has 2 aromatic carbocycles. The molecule has 4 rings (SSSR count). The zero-order chi connectivity index (χ0) is 19.7. The summed E-state index contributed by atoms with van der Waals surface area (Å²) in [6.45, 7) is 1.96. The zero-order valence-corrected chi connectivity index (χ0v) is 15.9. The van der Waals surface area contributed by atoms with Crippen LogP contribution < -0.4 is 16.6 Å². The van der Waals surface area contributed by atoms with E-state index in [1.165, 1.54) is 11.3 Å². The van der Waals surface area contributed by atoms with Crippen molar-refractivity contribution in [2.45, 2.75) is 13.3 Å². The molecule has 0 aliphatic rings. The lowest BCUT2D eigenvalue weighted by atomic mass is 10.1. The largest absolute Gasteiger partial charge is 0.333 e. The van der Waals surface area contributed by atoms with E-state index in [4.69, 9.17) is 0 Å². The van der Waals surface area contributed by atoms with E-state index in [1.54, 1.807) is 35.7 Å². The molecule has 7 heteroatoms. The van der Waals surface area contributed by atoms with Crippen LogP contribution in [0.15, 0.2) is 69.6 Å². The van der Waals surface area contributed by atoms with Crippen LogP contribution in [0.1, 0.15) is 11.1 Å². The van der Waals surface area contributed by atoms with Gasteiger partial charge < -0.3 is 10.3 Å². The van der Waals surface area contributed by atoms with Crippen LogP contribution in [0.4, 0.5) is 5.69 Å². The van der Waals surface area contributed by atoms with Crippen LogP contribution in [-0.2, 0) is 11.2 Å². The summed E-state index contributed by atoms with van der Waals surface area (Å²) in [6, 6.07) is 16.1. The Balaban J connectivity index is 1.55. The van der Waals surface area contributed by atoms with Crippen LogP contribution in [-0.4, -0.2) is 15.5 Å². The van der Waals surface area contributed by atoms with E-state index in [2.05, 4.69) is 10.3 Å². The first-order chi connectivity index (χ1) is 13.5. The van der Waals surface area contributed by atoms with Gasteiger partial charge in [0.25, 0.3) is 5.56 Å². The molecule has 2 aromatic heterocycles. The van der Waals surface area contributed by atoms with Crippen molar-refractivity contribution in [1.29, 1.82) is 0 Å². The Kier molecular flexibility index (Phi) is 4.67. The second-order valence-corrected chi connectivity index (χ2v) is 7.41. The number of carbonyl (C=O) groups excluding carboxylic acids is 1. The molecule has 0 bridgehead atoms. The third-order valence-electron chi connectivity index (χ3n) is 4.37. The maximum absolute atomic E-state index is 12.6. The number of nitrogens with one attached hydrogen (secondary N) is 2. The van der Waals surface area contributed by atoms with Crippen molar-refractivity contribution in [3.05, 3.63) is 91.9 Å². The van der Waals surface area contributed by atoms with Gasteiger partial charge in [-0.2, -0.15) is 0 Å². The van der Waals surface area contributed by atoms with E-state index in [0.717, 1.165) is 21.4 Å². The first-order valence-corrected chi connectivity index (χ1v) is 9.57. The predicted octanol–water partition coefficient (Wildman–Crippen LogP) is 3.23. The minimum absolute atomic E-state index is 0.131. The maximum atomic E-state index is 12.6. The number of rotatable bonds is 4. The van der Waals surface area contributed by atoms with Crippen molar-refractivity contribution in [2.24, 2.45) is 0 Å². The Morgan fingerprint density at radius 2 is 1.89 bits per heavy atom. The fourth-order valence-corrected chi connectivity index (χ4v) is 3.83. The topological polar surface area (TPSA) is 84.0 Å². The van der Waals surface area contributed by atoms with Crippen molar-refractivity contribution in [1.82, 2.24) is 9.55 Å². The predicted molar refractivity (Wildman–Crippen MR) is 112 cm³/mol. The average molecular weight is 391 g/mol. The number of fused-ring (bicyclic) bond motifs is 1. The lowest BCUT2D eigenvalue weighted by Crippen LogP contribution is -2.32. The van der Waals surface area contributed by atoms with Gasteiger partial charge in [-0.05, 0) is 53.8 Å². The van der Waals surface area contributed by atoms with Crippen LogP contribution in [0.25, 0.3) is 15.9 Å². The smallest absolute Gasteiger partial charge is 0.326 e. The van der Waals surface area contributed by atoms with Gasteiger partial charge in [-0.15, -0.1) is 11.3 Å². The van der Waals surface area contributed by atoms with Crippen molar-refractivity contribution >= 4 is 33.1 Å². The second kappa shape index (κ2) is 7.28. The third-order valence-corrected chi connectivity index (χ3v) is 5.27. The van der Waals surface area contributed by atoms with Crippen LogP contribution in [0.3, 0.4) is 0 Å². The van der Waals surface area contributed by atoms with Gasteiger partial charge in [-0.1, -0.05) is 24.3 Å². The second-order valence-electron chi connectivity index (χ2n) is 6.49. The van der Waals surface area contributed by atoms with E-state index in [-0.39, 0.29) is 17.9 Å². The van der Waals surface area contributed by atoms with Crippen LogP contribution >= 0.6 is 11.3 Å². The molecule has 0 fully saturated rings. The molecule has 0 saturated carbocycles. The first-order valence-electron chi connectivity index (χ1n) is 8.69. The molecule has 2 N–H and O–H groups in total. The standard InChI is InChI=1S/C21H17N3O3S/c1-13-3-2-4-15(11-13)22-18(25)12-14-5-7-16(8-6-14)24-20(26)19-17(9-10-28-19)23-21(24)27/h2-11H,12H2,1H3,(H,22,25)(H,23,27). The maximum Gasteiger partial charge on any atom is 0.333 e. The number of nitrogens with zero attached hydrogens (tertiary/aromatic N) is 1. The van der Waals surface area contributed by atoms with E-state index in [9.17, 15) is 14.4 Å². The lowest BCUT2D eigenvalue weighted by molar-refractivity contribution is -0.115. The number of aryl methyl sites for hydroxylation is 1. The molecule has 0 spiro atoms.